The quantitative estimate of drug-likeness (QED) is 0.811. The van der Waals surface area contributed by atoms with Crippen LogP contribution in [0.4, 0.5) is 8.78 Å². The molecular weight excluding hydrogens is 268 g/mol. The van der Waals surface area contributed by atoms with Crippen molar-refractivity contribution in [3.05, 3.63) is 35.4 Å². The second-order valence-electron chi connectivity index (χ2n) is 6.81. The largest absolute Gasteiger partial charge is 0.316 e. The predicted molar refractivity (Wildman–Crippen MR) is 83.2 cm³/mol. The van der Waals surface area contributed by atoms with Gasteiger partial charge in [0.2, 0.25) is 0 Å². The van der Waals surface area contributed by atoms with E-state index < -0.39 is 11.6 Å². The van der Waals surface area contributed by atoms with Gasteiger partial charge < -0.3 is 5.32 Å². The van der Waals surface area contributed by atoms with Crippen molar-refractivity contribution in [2.75, 3.05) is 13.1 Å². The molecule has 21 heavy (non-hydrogen) atoms. The average molecular weight is 295 g/mol. The third kappa shape index (κ3) is 5.06. The van der Waals surface area contributed by atoms with Crippen molar-refractivity contribution in [1.29, 1.82) is 0 Å². The van der Waals surface area contributed by atoms with Crippen molar-refractivity contribution in [2.45, 2.75) is 46.0 Å². The zero-order valence-electron chi connectivity index (χ0n) is 13.2. The fourth-order valence-corrected chi connectivity index (χ4v) is 3.35. The summed E-state index contributed by atoms with van der Waals surface area (Å²) in [7, 11) is 0. The molecule has 1 nitrogen and oxygen atoms in total. The fourth-order valence-electron chi connectivity index (χ4n) is 3.35. The van der Waals surface area contributed by atoms with Crippen molar-refractivity contribution >= 4 is 0 Å². The predicted octanol–water partition coefficient (Wildman–Crippen LogP) is 4.56. The molecule has 1 aliphatic rings. The topological polar surface area (TPSA) is 12.0 Å². The van der Waals surface area contributed by atoms with E-state index >= 15 is 0 Å². The first-order chi connectivity index (χ1) is 10.1. The highest BCUT2D eigenvalue weighted by Crippen LogP contribution is 2.32. The Morgan fingerprint density at radius 3 is 2.48 bits per heavy atom. The van der Waals surface area contributed by atoms with E-state index in [4.69, 9.17) is 0 Å². The van der Waals surface area contributed by atoms with Crippen LogP contribution in [0.15, 0.2) is 18.2 Å². The lowest BCUT2D eigenvalue weighted by molar-refractivity contribution is 0.226. The lowest BCUT2D eigenvalue weighted by atomic mass is 9.76. The van der Waals surface area contributed by atoms with Gasteiger partial charge in [0.15, 0.2) is 11.6 Å². The summed E-state index contributed by atoms with van der Waals surface area (Å²) in [5.41, 5.74) is 0.926. The van der Waals surface area contributed by atoms with Gasteiger partial charge in [-0.15, -0.1) is 0 Å². The highest BCUT2D eigenvalue weighted by atomic mass is 19.2. The van der Waals surface area contributed by atoms with Crippen LogP contribution >= 0.6 is 0 Å². The van der Waals surface area contributed by atoms with E-state index in [-0.39, 0.29) is 0 Å². The molecule has 1 fully saturated rings. The van der Waals surface area contributed by atoms with Gasteiger partial charge in [0.1, 0.15) is 0 Å². The van der Waals surface area contributed by atoms with Crippen LogP contribution in [0.1, 0.15) is 45.1 Å². The number of hydrogen-bond donors (Lipinski definition) is 1. The molecule has 118 valence electrons. The normalized spacial score (nSPS) is 22.7. The van der Waals surface area contributed by atoms with E-state index in [2.05, 4.69) is 19.2 Å². The Morgan fingerprint density at radius 2 is 1.81 bits per heavy atom. The van der Waals surface area contributed by atoms with Crippen LogP contribution < -0.4 is 5.32 Å². The second-order valence-corrected chi connectivity index (χ2v) is 6.81. The number of nitrogens with one attached hydrogen (secondary N) is 1. The van der Waals surface area contributed by atoms with E-state index in [9.17, 15) is 8.78 Å². The molecule has 0 spiro atoms. The summed E-state index contributed by atoms with van der Waals surface area (Å²) in [6.45, 7) is 6.53. The second kappa shape index (κ2) is 7.88. The molecule has 1 saturated carbocycles. The van der Waals surface area contributed by atoms with Crippen molar-refractivity contribution < 1.29 is 8.78 Å². The third-order valence-electron chi connectivity index (χ3n) is 4.51. The number of benzene rings is 1. The minimum Gasteiger partial charge on any atom is -0.316 e. The van der Waals surface area contributed by atoms with E-state index in [1.54, 1.807) is 6.07 Å². The first kappa shape index (κ1) is 16.4. The number of halogens is 2. The van der Waals surface area contributed by atoms with Crippen molar-refractivity contribution in [3.63, 3.8) is 0 Å². The zero-order chi connectivity index (χ0) is 15.2. The molecular formula is C18H27F2N. The minimum atomic E-state index is -0.752. The van der Waals surface area contributed by atoms with Gasteiger partial charge in [0.05, 0.1) is 0 Å². The van der Waals surface area contributed by atoms with Gasteiger partial charge in [-0.1, -0.05) is 32.8 Å². The summed E-state index contributed by atoms with van der Waals surface area (Å²) in [4.78, 5) is 0. The van der Waals surface area contributed by atoms with Crippen LogP contribution in [0, 0.1) is 29.4 Å². The van der Waals surface area contributed by atoms with Gasteiger partial charge in [0, 0.05) is 0 Å². The van der Waals surface area contributed by atoms with E-state index in [0.29, 0.717) is 17.8 Å². The Labute approximate surface area is 127 Å². The van der Waals surface area contributed by atoms with Crippen LogP contribution in [-0.2, 0) is 6.42 Å². The summed E-state index contributed by atoms with van der Waals surface area (Å²) in [6.07, 6.45) is 5.87. The molecule has 0 bridgehead atoms. The highest BCUT2D eigenvalue weighted by molar-refractivity contribution is 5.18. The average Bonchev–Trinajstić information content (AvgIpc) is 2.44. The maximum Gasteiger partial charge on any atom is 0.159 e. The molecule has 0 saturated heterocycles. The molecule has 0 heterocycles. The molecule has 1 aromatic carbocycles. The van der Waals surface area contributed by atoms with Crippen LogP contribution in [0.5, 0.6) is 0 Å². The molecule has 0 aromatic heterocycles. The molecule has 0 amide bonds. The first-order valence-electron chi connectivity index (χ1n) is 8.21. The van der Waals surface area contributed by atoms with Crippen molar-refractivity contribution in [1.82, 2.24) is 5.32 Å². The zero-order valence-corrected chi connectivity index (χ0v) is 13.2. The maximum absolute atomic E-state index is 13.3. The molecule has 2 unspecified atom stereocenters. The van der Waals surface area contributed by atoms with E-state index in [0.717, 1.165) is 25.1 Å². The first-order valence-corrected chi connectivity index (χ1v) is 8.21. The Hall–Kier alpha value is -0.960. The molecule has 1 aromatic rings. The summed E-state index contributed by atoms with van der Waals surface area (Å²) < 4.78 is 26.3. The van der Waals surface area contributed by atoms with Gasteiger partial charge in [0.25, 0.3) is 0 Å². The summed E-state index contributed by atoms with van der Waals surface area (Å²) in [6, 6.07) is 4.34. The van der Waals surface area contributed by atoms with Crippen molar-refractivity contribution in [3.8, 4) is 0 Å². The van der Waals surface area contributed by atoms with Crippen molar-refractivity contribution in [2.24, 2.45) is 17.8 Å². The molecule has 1 N–H and O–H groups in total. The Kier molecular flexibility index (Phi) is 6.16. The van der Waals surface area contributed by atoms with E-state index in [1.165, 1.54) is 37.8 Å². The lowest BCUT2D eigenvalue weighted by Crippen LogP contribution is -2.33. The number of hydrogen-bond acceptors (Lipinski definition) is 1. The van der Waals surface area contributed by atoms with E-state index in [1.807, 2.05) is 0 Å². The number of rotatable bonds is 6. The van der Waals surface area contributed by atoms with Gasteiger partial charge in [-0.2, -0.15) is 0 Å². The SMILES string of the molecule is CC(C)CNCC1CCCCC1Cc1ccc(F)c(F)c1. The molecule has 2 rings (SSSR count). The van der Waals surface area contributed by atoms with Gasteiger partial charge in [-0.3, -0.25) is 0 Å². The smallest absolute Gasteiger partial charge is 0.159 e. The molecule has 1 aliphatic carbocycles. The van der Waals surface area contributed by atoms with Crippen LogP contribution in [0.2, 0.25) is 0 Å². The highest BCUT2D eigenvalue weighted by Gasteiger charge is 2.25. The summed E-state index contributed by atoms with van der Waals surface area (Å²) in [5, 5.41) is 3.56. The molecule has 0 aliphatic heterocycles. The molecule has 0 radical (unpaired) electrons. The lowest BCUT2D eigenvalue weighted by Gasteiger charge is -2.32. The van der Waals surface area contributed by atoms with Crippen LogP contribution in [0.3, 0.4) is 0 Å². The molecule has 3 heteroatoms. The van der Waals surface area contributed by atoms with Crippen LogP contribution in [-0.4, -0.2) is 13.1 Å². The molecule has 2 atom stereocenters. The summed E-state index contributed by atoms with van der Waals surface area (Å²) >= 11 is 0. The summed E-state index contributed by atoms with van der Waals surface area (Å²) in [5.74, 6) is 0.433. The van der Waals surface area contributed by atoms with Gasteiger partial charge >= 0.3 is 0 Å². The Bertz CT molecular complexity index is 445. The Morgan fingerprint density at radius 1 is 1.10 bits per heavy atom. The Balaban J connectivity index is 1.93. The minimum absolute atomic E-state index is 0.586. The van der Waals surface area contributed by atoms with Gasteiger partial charge in [-0.05, 0) is 67.8 Å². The maximum atomic E-state index is 13.3. The monoisotopic (exact) mass is 295 g/mol. The standard InChI is InChI=1S/C18H27F2N/c1-13(2)11-21-12-16-6-4-3-5-15(16)9-14-7-8-17(19)18(20)10-14/h7-8,10,13,15-16,21H,3-6,9,11-12H2,1-2H3. The third-order valence-corrected chi connectivity index (χ3v) is 4.51. The van der Waals surface area contributed by atoms with Gasteiger partial charge in [-0.25, -0.2) is 8.78 Å². The fraction of sp³-hybridized carbons (Fsp3) is 0.667. The van der Waals surface area contributed by atoms with Crippen LogP contribution in [0.25, 0.3) is 0 Å².